The number of hydrogen-bond acceptors (Lipinski definition) is 5. The summed E-state index contributed by atoms with van der Waals surface area (Å²) in [6.07, 6.45) is 0. The molecule has 21 heavy (non-hydrogen) atoms. The standard InChI is InChI=1S/C16H20O5/c17-7-9-19-11-12-21-16-6-2-3-13-14(16)4-1-5-15(13)20-10-8-18/h1-6,17-18H,7-12H2. The van der Waals surface area contributed by atoms with Crippen LogP contribution >= 0.6 is 0 Å². The smallest absolute Gasteiger partial charge is 0.127 e. The maximum absolute atomic E-state index is 8.86. The fraction of sp³-hybridized carbons (Fsp3) is 0.375. The van der Waals surface area contributed by atoms with E-state index in [1.54, 1.807) is 0 Å². The van der Waals surface area contributed by atoms with Gasteiger partial charge in [-0.15, -0.1) is 0 Å². The molecule has 0 aliphatic carbocycles. The van der Waals surface area contributed by atoms with Gasteiger partial charge in [-0.1, -0.05) is 24.3 Å². The zero-order chi connectivity index (χ0) is 14.9. The predicted molar refractivity (Wildman–Crippen MR) is 79.9 cm³/mol. The number of ether oxygens (including phenoxy) is 3. The van der Waals surface area contributed by atoms with Crippen LogP contribution in [-0.4, -0.2) is 49.9 Å². The average molecular weight is 292 g/mol. The second kappa shape index (κ2) is 8.46. The quantitative estimate of drug-likeness (QED) is 0.687. The van der Waals surface area contributed by atoms with E-state index in [-0.39, 0.29) is 19.8 Å². The molecule has 2 aromatic carbocycles. The van der Waals surface area contributed by atoms with Gasteiger partial charge in [0.15, 0.2) is 0 Å². The first-order chi connectivity index (χ1) is 10.4. The van der Waals surface area contributed by atoms with E-state index in [4.69, 9.17) is 24.4 Å². The van der Waals surface area contributed by atoms with Crippen molar-refractivity contribution in [1.29, 1.82) is 0 Å². The molecule has 0 amide bonds. The Bertz CT molecular complexity index is 555. The van der Waals surface area contributed by atoms with Crippen LogP contribution in [-0.2, 0) is 4.74 Å². The molecular formula is C16H20O5. The van der Waals surface area contributed by atoms with Gasteiger partial charge in [0.05, 0.1) is 26.4 Å². The molecule has 5 heteroatoms. The molecule has 0 radical (unpaired) electrons. The van der Waals surface area contributed by atoms with Gasteiger partial charge < -0.3 is 24.4 Å². The molecule has 0 aliphatic heterocycles. The van der Waals surface area contributed by atoms with Crippen molar-refractivity contribution in [2.45, 2.75) is 0 Å². The monoisotopic (exact) mass is 292 g/mol. The Hall–Kier alpha value is -1.82. The van der Waals surface area contributed by atoms with Crippen LogP contribution in [0.3, 0.4) is 0 Å². The number of aliphatic hydroxyl groups excluding tert-OH is 2. The molecule has 0 fully saturated rings. The first-order valence-electron chi connectivity index (χ1n) is 6.93. The summed E-state index contributed by atoms with van der Waals surface area (Å²) in [6, 6.07) is 11.5. The van der Waals surface area contributed by atoms with E-state index in [0.29, 0.717) is 19.8 Å². The van der Waals surface area contributed by atoms with Crippen molar-refractivity contribution in [2.24, 2.45) is 0 Å². The molecular weight excluding hydrogens is 272 g/mol. The summed E-state index contributed by atoms with van der Waals surface area (Å²) in [6.45, 7) is 1.42. The molecule has 0 aromatic heterocycles. The lowest BCUT2D eigenvalue weighted by Crippen LogP contribution is -2.09. The molecule has 0 aliphatic rings. The summed E-state index contributed by atoms with van der Waals surface area (Å²) in [5.74, 6) is 1.48. The molecule has 114 valence electrons. The van der Waals surface area contributed by atoms with Crippen LogP contribution in [0.2, 0.25) is 0 Å². The molecule has 5 nitrogen and oxygen atoms in total. The maximum Gasteiger partial charge on any atom is 0.127 e. The minimum Gasteiger partial charge on any atom is -0.491 e. The normalized spacial score (nSPS) is 10.8. The first kappa shape index (κ1) is 15.6. The number of fused-ring (bicyclic) bond motifs is 1. The molecule has 0 saturated heterocycles. The van der Waals surface area contributed by atoms with Crippen LogP contribution in [0, 0.1) is 0 Å². The minimum absolute atomic E-state index is 0.0137. The van der Waals surface area contributed by atoms with Crippen molar-refractivity contribution in [1.82, 2.24) is 0 Å². The van der Waals surface area contributed by atoms with Crippen LogP contribution in [0.1, 0.15) is 0 Å². The Kier molecular flexibility index (Phi) is 6.27. The average Bonchev–Trinajstić information content (AvgIpc) is 2.53. The van der Waals surface area contributed by atoms with Gasteiger partial charge in [0.2, 0.25) is 0 Å². The summed E-state index contributed by atoms with van der Waals surface area (Å²) < 4.78 is 16.4. The molecule has 2 N–H and O–H groups in total. The van der Waals surface area contributed by atoms with Crippen LogP contribution in [0.15, 0.2) is 36.4 Å². The second-order valence-corrected chi connectivity index (χ2v) is 4.36. The summed E-state index contributed by atoms with van der Waals surface area (Å²) in [5.41, 5.74) is 0. The SMILES string of the molecule is OCCOCCOc1cccc2c(OCCO)cccc12. The summed E-state index contributed by atoms with van der Waals surface area (Å²) in [4.78, 5) is 0. The third-order valence-electron chi connectivity index (χ3n) is 2.91. The van der Waals surface area contributed by atoms with Crippen molar-refractivity contribution < 1.29 is 24.4 Å². The Morgan fingerprint density at radius 3 is 1.81 bits per heavy atom. The van der Waals surface area contributed by atoms with E-state index in [2.05, 4.69) is 0 Å². The van der Waals surface area contributed by atoms with E-state index in [1.807, 2.05) is 36.4 Å². The van der Waals surface area contributed by atoms with Gasteiger partial charge in [-0.25, -0.2) is 0 Å². The van der Waals surface area contributed by atoms with E-state index in [1.165, 1.54) is 0 Å². The molecule has 0 bridgehead atoms. The van der Waals surface area contributed by atoms with Crippen LogP contribution in [0.4, 0.5) is 0 Å². The van der Waals surface area contributed by atoms with E-state index in [0.717, 1.165) is 22.3 Å². The Morgan fingerprint density at radius 2 is 1.24 bits per heavy atom. The summed E-state index contributed by atoms with van der Waals surface area (Å²) in [7, 11) is 0. The van der Waals surface area contributed by atoms with Crippen LogP contribution in [0.5, 0.6) is 11.5 Å². The lowest BCUT2D eigenvalue weighted by Gasteiger charge is -2.12. The Labute approximate surface area is 123 Å². The highest BCUT2D eigenvalue weighted by Gasteiger charge is 2.06. The number of rotatable bonds is 9. The van der Waals surface area contributed by atoms with Crippen LogP contribution in [0.25, 0.3) is 10.8 Å². The van der Waals surface area contributed by atoms with Crippen molar-refractivity contribution in [3.8, 4) is 11.5 Å². The largest absolute Gasteiger partial charge is 0.491 e. The van der Waals surface area contributed by atoms with Crippen molar-refractivity contribution in [2.75, 3.05) is 39.6 Å². The topological polar surface area (TPSA) is 68.2 Å². The van der Waals surface area contributed by atoms with Crippen molar-refractivity contribution in [3.05, 3.63) is 36.4 Å². The molecule has 0 saturated carbocycles. The minimum atomic E-state index is -0.0191. The highest BCUT2D eigenvalue weighted by atomic mass is 16.5. The van der Waals surface area contributed by atoms with E-state index in [9.17, 15) is 0 Å². The lowest BCUT2D eigenvalue weighted by atomic mass is 10.1. The summed E-state index contributed by atoms with van der Waals surface area (Å²) in [5, 5.41) is 19.4. The molecule has 0 unspecified atom stereocenters. The van der Waals surface area contributed by atoms with Gasteiger partial charge in [0, 0.05) is 10.8 Å². The van der Waals surface area contributed by atoms with Gasteiger partial charge >= 0.3 is 0 Å². The Balaban J connectivity index is 2.09. The highest BCUT2D eigenvalue weighted by molar-refractivity contribution is 5.93. The maximum atomic E-state index is 8.86. The fourth-order valence-corrected chi connectivity index (χ4v) is 2.04. The number of hydrogen-bond donors (Lipinski definition) is 2. The molecule has 2 rings (SSSR count). The number of aliphatic hydroxyl groups is 2. The van der Waals surface area contributed by atoms with Crippen LogP contribution < -0.4 is 9.47 Å². The van der Waals surface area contributed by atoms with Crippen molar-refractivity contribution in [3.63, 3.8) is 0 Å². The zero-order valence-corrected chi connectivity index (χ0v) is 11.8. The third kappa shape index (κ3) is 4.32. The lowest BCUT2D eigenvalue weighted by molar-refractivity contribution is 0.0708. The first-order valence-corrected chi connectivity index (χ1v) is 6.93. The van der Waals surface area contributed by atoms with E-state index >= 15 is 0 Å². The molecule has 0 heterocycles. The van der Waals surface area contributed by atoms with E-state index < -0.39 is 0 Å². The molecule has 0 spiro atoms. The highest BCUT2D eigenvalue weighted by Crippen LogP contribution is 2.32. The molecule has 2 aromatic rings. The van der Waals surface area contributed by atoms with Gasteiger partial charge in [-0.05, 0) is 12.1 Å². The van der Waals surface area contributed by atoms with Gasteiger partial charge in [-0.2, -0.15) is 0 Å². The number of benzene rings is 2. The predicted octanol–water partition coefficient (Wildman–Crippen LogP) is 1.60. The Morgan fingerprint density at radius 1 is 0.667 bits per heavy atom. The molecule has 0 atom stereocenters. The zero-order valence-electron chi connectivity index (χ0n) is 11.8. The second-order valence-electron chi connectivity index (χ2n) is 4.36. The van der Waals surface area contributed by atoms with Gasteiger partial charge in [0.25, 0.3) is 0 Å². The van der Waals surface area contributed by atoms with Gasteiger partial charge in [-0.3, -0.25) is 0 Å². The van der Waals surface area contributed by atoms with Crippen molar-refractivity contribution >= 4 is 10.8 Å². The van der Waals surface area contributed by atoms with Gasteiger partial charge in [0.1, 0.15) is 24.7 Å². The third-order valence-corrected chi connectivity index (χ3v) is 2.91. The summed E-state index contributed by atoms with van der Waals surface area (Å²) >= 11 is 0. The fourth-order valence-electron chi connectivity index (χ4n) is 2.04.